The minimum absolute atomic E-state index is 0.135. The van der Waals surface area contributed by atoms with E-state index < -0.39 is 5.97 Å². The highest BCUT2D eigenvalue weighted by atomic mass is 16.4. The second-order valence-electron chi connectivity index (χ2n) is 3.76. The molecular weight excluding hydrogens is 142 g/mol. The first-order valence-electron chi connectivity index (χ1n) is 4.18. The third-order valence-electron chi connectivity index (χ3n) is 3.30. The standard InChI is InChI=1S/C8H13NO2/c9-7-4-1-2-5(7)6(3-4)8(10)11/h4-7H,1-3,9H2,(H,10,11)/t4-,5-,6-,7-/m0/s1. The summed E-state index contributed by atoms with van der Waals surface area (Å²) in [7, 11) is 0. The van der Waals surface area contributed by atoms with Crippen LogP contribution in [-0.4, -0.2) is 17.1 Å². The van der Waals surface area contributed by atoms with E-state index in [2.05, 4.69) is 0 Å². The molecule has 2 aliphatic rings. The summed E-state index contributed by atoms with van der Waals surface area (Å²) in [5.41, 5.74) is 5.85. The van der Waals surface area contributed by atoms with Crippen LogP contribution < -0.4 is 5.73 Å². The van der Waals surface area contributed by atoms with Crippen LogP contribution in [0.25, 0.3) is 0 Å². The van der Waals surface area contributed by atoms with Gasteiger partial charge in [0.25, 0.3) is 0 Å². The Bertz CT molecular complexity index is 193. The number of carboxylic acid groups (broad SMARTS) is 1. The van der Waals surface area contributed by atoms with Gasteiger partial charge in [0.2, 0.25) is 0 Å². The zero-order valence-corrected chi connectivity index (χ0v) is 6.36. The molecule has 0 radical (unpaired) electrons. The van der Waals surface area contributed by atoms with E-state index in [1.807, 2.05) is 0 Å². The normalized spacial score (nSPS) is 48.1. The number of carboxylic acids is 1. The van der Waals surface area contributed by atoms with Gasteiger partial charge in [0.05, 0.1) is 5.92 Å². The minimum atomic E-state index is -0.646. The predicted molar refractivity (Wildman–Crippen MR) is 39.9 cm³/mol. The average Bonchev–Trinajstić information content (AvgIpc) is 2.46. The summed E-state index contributed by atoms with van der Waals surface area (Å²) < 4.78 is 0. The van der Waals surface area contributed by atoms with Gasteiger partial charge >= 0.3 is 5.97 Å². The summed E-state index contributed by atoms with van der Waals surface area (Å²) in [6.07, 6.45) is 3.00. The van der Waals surface area contributed by atoms with Gasteiger partial charge in [0.1, 0.15) is 0 Å². The Balaban J connectivity index is 2.14. The van der Waals surface area contributed by atoms with Gasteiger partial charge in [-0.1, -0.05) is 0 Å². The summed E-state index contributed by atoms with van der Waals surface area (Å²) in [5.74, 6) is -0.00463. The lowest BCUT2D eigenvalue weighted by atomic mass is 9.89. The largest absolute Gasteiger partial charge is 0.481 e. The van der Waals surface area contributed by atoms with Gasteiger partial charge in [0, 0.05) is 6.04 Å². The Morgan fingerprint density at radius 1 is 1.45 bits per heavy atom. The van der Waals surface area contributed by atoms with Gasteiger partial charge in [-0.2, -0.15) is 0 Å². The van der Waals surface area contributed by atoms with Gasteiger partial charge in [-0.3, -0.25) is 4.79 Å². The lowest BCUT2D eigenvalue weighted by molar-refractivity contribution is -0.143. The molecule has 4 atom stereocenters. The topological polar surface area (TPSA) is 63.3 Å². The van der Waals surface area contributed by atoms with Crippen molar-refractivity contribution >= 4 is 5.97 Å². The molecule has 62 valence electrons. The first-order valence-corrected chi connectivity index (χ1v) is 4.18. The molecule has 3 nitrogen and oxygen atoms in total. The third kappa shape index (κ3) is 0.872. The maximum absolute atomic E-state index is 10.7. The fourth-order valence-electron chi connectivity index (χ4n) is 2.67. The van der Waals surface area contributed by atoms with Crippen LogP contribution >= 0.6 is 0 Å². The predicted octanol–water partition coefficient (Wildman–Crippen LogP) is 0.444. The Morgan fingerprint density at radius 2 is 2.18 bits per heavy atom. The molecule has 2 saturated carbocycles. The summed E-state index contributed by atoms with van der Waals surface area (Å²) in [5, 5.41) is 8.80. The Hall–Kier alpha value is -0.570. The molecule has 0 aliphatic heterocycles. The monoisotopic (exact) mass is 155 g/mol. The second kappa shape index (κ2) is 2.21. The van der Waals surface area contributed by atoms with E-state index in [4.69, 9.17) is 10.8 Å². The molecule has 2 aliphatic carbocycles. The van der Waals surface area contributed by atoms with Gasteiger partial charge in [-0.15, -0.1) is 0 Å². The van der Waals surface area contributed by atoms with Gasteiger partial charge < -0.3 is 10.8 Å². The van der Waals surface area contributed by atoms with E-state index in [1.165, 1.54) is 0 Å². The molecule has 2 bridgehead atoms. The number of nitrogens with two attached hydrogens (primary N) is 1. The molecule has 2 fully saturated rings. The maximum atomic E-state index is 10.7. The van der Waals surface area contributed by atoms with Gasteiger partial charge in [0.15, 0.2) is 0 Å². The zero-order valence-electron chi connectivity index (χ0n) is 6.36. The number of fused-ring (bicyclic) bond motifs is 2. The van der Waals surface area contributed by atoms with Crippen molar-refractivity contribution in [2.75, 3.05) is 0 Å². The highest BCUT2D eigenvalue weighted by Gasteiger charge is 2.48. The van der Waals surface area contributed by atoms with E-state index >= 15 is 0 Å². The molecule has 0 amide bonds. The fourth-order valence-corrected chi connectivity index (χ4v) is 2.67. The molecule has 2 rings (SSSR count). The number of aliphatic carboxylic acids is 1. The number of hydrogen-bond donors (Lipinski definition) is 2. The number of hydrogen-bond acceptors (Lipinski definition) is 2. The van der Waals surface area contributed by atoms with E-state index in [9.17, 15) is 4.79 Å². The zero-order chi connectivity index (χ0) is 8.01. The molecule has 0 aromatic heterocycles. The van der Waals surface area contributed by atoms with Crippen LogP contribution in [0.4, 0.5) is 0 Å². The molecule has 0 saturated heterocycles. The SMILES string of the molecule is N[C@H]1[C@H]2CC[C@H]1[C@@H](C(=O)O)C2. The van der Waals surface area contributed by atoms with Gasteiger partial charge in [-0.05, 0) is 31.1 Å². The van der Waals surface area contributed by atoms with Crippen LogP contribution in [0, 0.1) is 17.8 Å². The highest BCUT2D eigenvalue weighted by molar-refractivity contribution is 5.71. The lowest BCUT2D eigenvalue weighted by Gasteiger charge is -2.16. The summed E-state index contributed by atoms with van der Waals surface area (Å²) in [6.45, 7) is 0. The molecule has 0 heterocycles. The molecule has 3 heteroatoms. The molecule has 11 heavy (non-hydrogen) atoms. The second-order valence-corrected chi connectivity index (χ2v) is 3.76. The number of carbonyl (C=O) groups is 1. The molecular formula is C8H13NO2. The molecule has 0 aromatic carbocycles. The van der Waals surface area contributed by atoms with Gasteiger partial charge in [-0.25, -0.2) is 0 Å². The Labute approximate surface area is 65.6 Å². The quantitative estimate of drug-likeness (QED) is 0.577. The Kier molecular flexibility index (Phi) is 1.42. The van der Waals surface area contributed by atoms with Crippen LogP contribution in [0.1, 0.15) is 19.3 Å². The summed E-state index contributed by atoms with van der Waals surface area (Å²) in [6, 6.07) is 0.177. The van der Waals surface area contributed by atoms with Crippen molar-refractivity contribution in [3.05, 3.63) is 0 Å². The van der Waals surface area contributed by atoms with E-state index in [1.54, 1.807) is 0 Å². The smallest absolute Gasteiger partial charge is 0.306 e. The molecule has 0 spiro atoms. The maximum Gasteiger partial charge on any atom is 0.306 e. The first kappa shape index (κ1) is 7.10. The van der Waals surface area contributed by atoms with E-state index in [0.717, 1.165) is 19.3 Å². The van der Waals surface area contributed by atoms with Crippen LogP contribution in [-0.2, 0) is 4.79 Å². The van der Waals surface area contributed by atoms with Crippen molar-refractivity contribution in [3.8, 4) is 0 Å². The van der Waals surface area contributed by atoms with Crippen LogP contribution in [0.15, 0.2) is 0 Å². The fraction of sp³-hybridized carbons (Fsp3) is 0.875. The van der Waals surface area contributed by atoms with Crippen molar-refractivity contribution < 1.29 is 9.90 Å². The highest BCUT2D eigenvalue weighted by Crippen LogP contribution is 2.47. The van der Waals surface area contributed by atoms with E-state index in [0.29, 0.717) is 5.92 Å². The minimum Gasteiger partial charge on any atom is -0.481 e. The Morgan fingerprint density at radius 3 is 2.45 bits per heavy atom. The molecule has 3 N–H and O–H groups in total. The third-order valence-corrected chi connectivity index (χ3v) is 3.30. The molecule has 0 unspecified atom stereocenters. The van der Waals surface area contributed by atoms with Crippen molar-refractivity contribution in [2.45, 2.75) is 25.3 Å². The lowest BCUT2D eigenvalue weighted by Crippen LogP contribution is -2.28. The van der Waals surface area contributed by atoms with Crippen molar-refractivity contribution in [2.24, 2.45) is 23.5 Å². The van der Waals surface area contributed by atoms with Crippen LogP contribution in [0.3, 0.4) is 0 Å². The summed E-state index contributed by atoms with van der Waals surface area (Å²) >= 11 is 0. The average molecular weight is 155 g/mol. The van der Waals surface area contributed by atoms with E-state index in [-0.39, 0.29) is 17.9 Å². The van der Waals surface area contributed by atoms with Crippen molar-refractivity contribution in [1.82, 2.24) is 0 Å². The van der Waals surface area contributed by atoms with Crippen molar-refractivity contribution in [3.63, 3.8) is 0 Å². The van der Waals surface area contributed by atoms with Crippen LogP contribution in [0.2, 0.25) is 0 Å². The summed E-state index contributed by atoms with van der Waals surface area (Å²) in [4.78, 5) is 10.7. The first-order chi connectivity index (χ1) is 5.20. The number of rotatable bonds is 1. The van der Waals surface area contributed by atoms with Crippen LogP contribution in [0.5, 0.6) is 0 Å². The van der Waals surface area contributed by atoms with Crippen molar-refractivity contribution in [1.29, 1.82) is 0 Å². The molecule has 0 aromatic rings.